The largest absolute Gasteiger partial charge is 0.504 e. The summed E-state index contributed by atoms with van der Waals surface area (Å²) in [4.78, 5) is 4.93. The van der Waals surface area contributed by atoms with Gasteiger partial charge in [0.05, 0.1) is 11.6 Å². The highest BCUT2D eigenvalue weighted by Crippen LogP contribution is 2.35. The van der Waals surface area contributed by atoms with Crippen LogP contribution in [-0.4, -0.2) is 10.3 Å². The molecular formula is C14H10N2O4. The van der Waals surface area contributed by atoms with Gasteiger partial charge in [-0.15, -0.1) is 5.23 Å². The molecule has 2 aromatic carbocycles. The van der Waals surface area contributed by atoms with Gasteiger partial charge in [-0.2, -0.15) is 5.26 Å². The van der Waals surface area contributed by atoms with Crippen molar-refractivity contribution in [2.45, 2.75) is 6.61 Å². The van der Waals surface area contributed by atoms with Crippen molar-refractivity contribution in [1.82, 2.24) is 0 Å². The Morgan fingerprint density at radius 2 is 2.10 bits per heavy atom. The Hall–Kier alpha value is -2.75. The number of anilines is 1. The van der Waals surface area contributed by atoms with Crippen LogP contribution < -0.4 is 9.96 Å². The zero-order valence-electron chi connectivity index (χ0n) is 10.3. The number of hydrogen-bond donors (Lipinski definition) is 2. The number of phenols is 1. The van der Waals surface area contributed by atoms with Crippen molar-refractivity contribution in [1.29, 1.82) is 5.26 Å². The number of phenolic OH excluding ortho intramolecular Hbond substituents is 1. The molecule has 1 aliphatic rings. The molecule has 2 N–H and O–H groups in total. The summed E-state index contributed by atoms with van der Waals surface area (Å²) in [5.41, 5.74) is 1.69. The van der Waals surface area contributed by atoms with Gasteiger partial charge >= 0.3 is 0 Å². The van der Waals surface area contributed by atoms with Gasteiger partial charge in [0, 0.05) is 11.6 Å². The molecule has 6 nitrogen and oxygen atoms in total. The second-order valence-electron chi connectivity index (χ2n) is 4.23. The lowest BCUT2D eigenvalue weighted by Gasteiger charge is -2.10. The fourth-order valence-electron chi connectivity index (χ4n) is 1.93. The maximum Gasteiger partial charge on any atom is 0.169 e. The van der Waals surface area contributed by atoms with Crippen LogP contribution in [-0.2, 0) is 11.4 Å². The van der Waals surface area contributed by atoms with Crippen LogP contribution in [0.25, 0.3) is 0 Å². The molecular weight excluding hydrogens is 260 g/mol. The Balaban J connectivity index is 1.87. The minimum absolute atomic E-state index is 0.107. The monoisotopic (exact) mass is 270 g/mol. The maximum absolute atomic E-state index is 9.77. The number of nitriles is 1. The topological polar surface area (TPSA) is 86.0 Å². The minimum atomic E-state index is -0.107. The summed E-state index contributed by atoms with van der Waals surface area (Å²) in [7, 11) is 0. The average Bonchev–Trinajstić information content (AvgIpc) is 2.82. The number of fused-ring (bicyclic) bond motifs is 1. The van der Waals surface area contributed by atoms with Gasteiger partial charge in [0.25, 0.3) is 0 Å². The maximum atomic E-state index is 9.77. The Bertz CT molecular complexity index is 709. The Kier molecular flexibility index (Phi) is 2.91. The van der Waals surface area contributed by atoms with Crippen LogP contribution in [0.4, 0.5) is 5.69 Å². The summed E-state index contributed by atoms with van der Waals surface area (Å²) >= 11 is 0. The molecule has 0 bridgehead atoms. The van der Waals surface area contributed by atoms with Crippen molar-refractivity contribution in [3.63, 3.8) is 0 Å². The van der Waals surface area contributed by atoms with Crippen LogP contribution in [0.5, 0.6) is 17.2 Å². The van der Waals surface area contributed by atoms with Crippen molar-refractivity contribution in [2.24, 2.45) is 0 Å². The zero-order chi connectivity index (χ0) is 14.1. The molecule has 0 aromatic heterocycles. The van der Waals surface area contributed by atoms with E-state index in [1.165, 1.54) is 12.1 Å². The summed E-state index contributed by atoms with van der Waals surface area (Å²) < 4.78 is 5.55. The second kappa shape index (κ2) is 4.74. The first kappa shape index (κ1) is 12.3. The lowest BCUT2D eigenvalue weighted by molar-refractivity contribution is -0.0329. The molecule has 0 spiro atoms. The lowest BCUT2D eigenvalue weighted by Crippen LogP contribution is -2.10. The van der Waals surface area contributed by atoms with Crippen molar-refractivity contribution >= 4 is 5.69 Å². The molecule has 6 heteroatoms. The van der Waals surface area contributed by atoms with Crippen LogP contribution >= 0.6 is 0 Å². The summed E-state index contributed by atoms with van der Waals surface area (Å²) in [6.45, 7) is 0.252. The van der Waals surface area contributed by atoms with Gasteiger partial charge in [-0.3, -0.25) is 5.21 Å². The van der Waals surface area contributed by atoms with Crippen LogP contribution in [0.15, 0.2) is 36.4 Å². The number of hydrogen-bond acceptors (Lipinski definition) is 6. The molecule has 3 rings (SSSR count). The molecule has 0 aliphatic carbocycles. The number of aromatic hydroxyl groups is 1. The van der Waals surface area contributed by atoms with E-state index in [1.807, 2.05) is 6.07 Å². The van der Waals surface area contributed by atoms with Crippen LogP contribution in [0.3, 0.4) is 0 Å². The van der Waals surface area contributed by atoms with Gasteiger partial charge in [-0.1, -0.05) is 0 Å². The smallest absolute Gasteiger partial charge is 0.169 e. The van der Waals surface area contributed by atoms with Crippen LogP contribution in [0.1, 0.15) is 11.1 Å². The molecule has 0 radical (unpaired) electrons. The van der Waals surface area contributed by atoms with Crippen molar-refractivity contribution in [3.05, 3.63) is 47.5 Å². The minimum Gasteiger partial charge on any atom is -0.504 e. The summed E-state index contributed by atoms with van der Waals surface area (Å²) in [5, 5.41) is 28.6. The summed E-state index contributed by atoms with van der Waals surface area (Å²) in [5.74, 6) is 0.649. The second-order valence-corrected chi connectivity index (χ2v) is 4.23. The van der Waals surface area contributed by atoms with E-state index in [0.717, 1.165) is 5.56 Å². The van der Waals surface area contributed by atoms with Gasteiger partial charge < -0.3 is 9.84 Å². The van der Waals surface area contributed by atoms with E-state index in [-0.39, 0.29) is 18.1 Å². The molecule has 20 heavy (non-hydrogen) atoms. The molecule has 1 heterocycles. The van der Waals surface area contributed by atoms with E-state index in [4.69, 9.17) is 14.8 Å². The molecule has 0 saturated carbocycles. The summed E-state index contributed by atoms with van der Waals surface area (Å²) in [6.07, 6.45) is 0. The normalized spacial score (nSPS) is 12.9. The molecule has 0 atom stereocenters. The quantitative estimate of drug-likeness (QED) is 0.872. The van der Waals surface area contributed by atoms with E-state index in [9.17, 15) is 10.3 Å². The Morgan fingerprint density at radius 3 is 2.85 bits per heavy atom. The first-order chi connectivity index (χ1) is 9.67. The van der Waals surface area contributed by atoms with Gasteiger partial charge in [-0.25, -0.2) is 4.84 Å². The predicted molar refractivity (Wildman–Crippen MR) is 68.4 cm³/mol. The van der Waals surface area contributed by atoms with Gasteiger partial charge in [-0.05, 0) is 30.3 Å². The van der Waals surface area contributed by atoms with Gasteiger partial charge in [0.2, 0.25) is 0 Å². The van der Waals surface area contributed by atoms with Crippen molar-refractivity contribution in [2.75, 3.05) is 5.23 Å². The molecule has 1 aliphatic heterocycles. The number of benzene rings is 2. The zero-order valence-corrected chi connectivity index (χ0v) is 10.3. The first-order valence-corrected chi connectivity index (χ1v) is 5.83. The highest BCUT2D eigenvalue weighted by molar-refractivity contribution is 5.56. The standard InChI is InChI=1S/C14H10N2O4/c15-7-9-1-4-14(13(17)5-9)20-11-2-3-12-10(6-11)8-19-16(12)18/h1-6,17-18H,8H2. The highest BCUT2D eigenvalue weighted by atomic mass is 16.9. The van der Waals surface area contributed by atoms with Crippen molar-refractivity contribution < 1.29 is 19.9 Å². The number of nitrogens with zero attached hydrogens (tertiary/aromatic N) is 2. The fourth-order valence-corrected chi connectivity index (χ4v) is 1.93. The third-order valence-corrected chi connectivity index (χ3v) is 2.92. The van der Waals surface area contributed by atoms with Gasteiger partial charge in [0.15, 0.2) is 11.5 Å². The van der Waals surface area contributed by atoms with E-state index in [0.29, 0.717) is 22.2 Å². The van der Waals surface area contributed by atoms with E-state index in [2.05, 4.69) is 0 Å². The molecule has 0 amide bonds. The predicted octanol–water partition coefficient (Wildman–Crippen LogP) is 2.70. The van der Waals surface area contributed by atoms with E-state index < -0.39 is 0 Å². The van der Waals surface area contributed by atoms with Gasteiger partial charge in [0.1, 0.15) is 18.0 Å². The average molecular weight is 270 g/mol. The molecule has 0 fully saturated rings. The van der Waals surface area contributed by atoms with Crippen LogP contribution in [0, 0.1) is 11.3 Å². The fraction of sp³-hybridized carbons (Fsp3) is 0.0714. The third-order valence-electron chi connectivity index (χ3n) is 2.92. The molecule has 0 unspecified atom stereocenters. The molecule has 100 valence electrons. The number of rotatable bonds is 2. The molecule has 2 aromatic rings. The lowest BCUT2D eigenvalue weighted by atomic mass is 10.2. The van der Waals surface area contributed by atoms with Crippen molar-refractivity contribution in [3.8, 4) is 23.3 Å². The highest BCUT2D eigenvalue weighted by Gasteiger charge is 2.19. The van der Waals surface area contributed by atoms with E-state index >= 15 is 0 Å². The Morgan fingerprint density at radius 1 is 1.25 bits per heavy atom. The molecule has 0 saturated heterocycles. The Labute approximate surface area is 114 Å². The SMILES string of the molecule is N#Cc1ccc(Oc2ccc3c(c2)CON3O)c(O)c1. The first-order valence-electron chi connectivity index (χ1n) is 5.83. The summed E-state index contributed by atoms with van der Waals surface area (Å²) in [6, 6.07) is 11.4. The van der Waals surface area contributed by atoms with E-state index in [1.54, 1.807) is 24.3 Å². The van der Waals surface area contributed by atoms with Crippen LogP contribution in [0.2, 0.25) is 0 Å². The number of ether oxygens (including phenoxy) is 1. The third kappa shape index (κ3) is 2.12.